The number of benzene rings is 1. The van der Waals surface area contributed by atoms with Gasteiger partial charge in [0.1, 0.15) is 0 Å². The van der Waals surface area contributed by atoms with E-state index in [4.69, 9.17) is 4.52 Å². The summed E-state index contributed by atoms with van der Waals surface area (Å²) in [5.74, 6) is 1.59. The smallest absolute Gasteiger partial charge is 0.226 e. The Morgan fingerprint density at radius 1 is 1.33 bits per heavy atom. The molecule has 0 saturated heterocycles. The Balaban J connectivity index is 1.37. The first-order valence-electron chi connectivity index (χ1n) is 9.87. The number of para-hydroxylation sites is 1. The van der Waals surface area contributed by atoms with Crippen molar-refractivity contribution in [1.82, 2.24) is 20.0 Å². The fourth-order valence-electron chi connectivity index (χ4n) is 4.02. The topological polar surface area (TPSA) is 75.0 Å². The number of amides is 1. The molecule has 0 fully saturated rings. The van der Waals surface area contributed by atoms with Gasteiger partial charge in [-0.05, 0) is 37.8 Å². The minimum Gasteiger partial charge on any atom is -0.356 e. The normalized spacial score (nSPS) is 16.7. The summed E-state index contributed by atoms with van der Waals surface area (Å²) in [7, 11) is 0. The predicted molar refractivity (Wildman–Crippen MR) is 103 cm³/mol. The minimum absolute atomic E-state index is 0.0770. The number of rotatable bonds is 6. The number of carbonyl (C=O) groups is 1. The van der Waals surface area contributed by atoms with E-state index in [1.807, 2.05) is 11.0 Å². The predicted octanol–water partition coefficient (Wildman–Crippen LogP) is 3.97. The Bertz CT molecular complexity index is 943. The van der Waals surface area contributed by atoms with Gasteiger partial charge in [-0.25, -0.2) is 0 Å². The number of aromatic nitrogens is 3. The molecule has 27 heavy (non-hydrogen) atoms. The Morgan fingerprint density at radius 3 is 3.04 bits per heavy atom. The molecule has 6 nitrogen and oxygen atoms in total. The lowest BCUT2D eigenvalue weighted by Crippen LogP contribution is -2.38. The van der Waals surface area contributed by atoms with Gasteiger partial charge in [0.05, 0.1) is 6.04 Å². The second kappa shape index (κ2) is 7.55. The number of hydrogen-bond acceptors (Lipinski definition) is 4. The summed E-state index contributed by atoms with van der Waals surface area (Å²) < 4.78 is 5.25. The SMILES string of the molecule is CCCc1noc(CCCC(=O)N2CCc3c([nH]c4ccccc34)C2C)n1. The zero-order valence-electron chi connectivity index (χ0n) is 16.0. The van der Waals surface area contributed by atoms with Gasteiger partial charge in [0.15, 0.2) is 5.82 Å². The van der Waals surface area contributed by atoms with Crippen LogP contribution in [0.4, 0.5) is 0 Å². The third-order valence-corrected chi connectivity index (χ3v) is 5.42. The Labute approximate surface area is 158 Å². The van der Waals surface area contributed by atoms with Gasteiger partial charge in [-0.15, -0.1) is 0 Å². The van der Waals surface area contributed by atoms with Crippen LogP contribution in [0.3, 0.4) is 0 Å². The molecular formula is C21H26N4O2. The molecule has 0 saturated carbocycles. The second-order valence-corrected chi connectivity index (χ2v) is 7.28. The third-order valence-electron chi connectivity index (χ3n) is 5.42. The fraction of sp³-hybridized carbons (Fsp3) is 0.476. The molecule has 6 heteroatoms. The number of aromatic amines is 1. The van der Waals surface area contributed by atoms with E-state index in [0.717, 1.165) is 43.6 Å². The summed E-state index contributed by atoms with van der Waals surface area (Å²) in [6, 6.07) is 8.45. The number of nitrogens with one attached hydrogen (secondary N) is 1. The average molecular weight is 366 g/mol. The first-order chi connectivity index (χ1) is 13.2. The molecule has 2 aromatic heterocycles. The summed E-state index contributed by atoms with van der Waals surface area (Å²) in [4.78, 5) is 22.7. The third kappa shape index (κ3) is 3.48. The molecule has 3 aromatic rings. The van der Waals surface area contributed by atoms with E-state index < -0.39 is 0 Å². The van der Waals surface area contributed by atoms with Crippen molar-refractivity contribution in [3.63, 3.8) is 0 Å². The number of fused-ring (bicyclic) bond motifs is 3. The summed E-state index contributed by atoms with van der Waals surface area (Å²) >= 11 is 0. The molecular weight excluding hydrogens is 340 g/mol. The van der Waals surface area contributed by atoms with Crippen LogP contribution in [0.25, 0.3) is 10.9 Å². The largest absolute Gasteiger partial charge is 0.356 e. The van der Waals surface area contributed by atoms with Crippen LogP contribution in [-0.4, -0.2) is 32.5 Å². The maximum Gasteiger partial charge on any atom is 0.226 e. The van der Waals surface area contributed by atoms with E-state index in [0.29, 0.717) is 18.7 Å². The quantitative estimate of drug-likeness (QED) is 0.716. The van der Waals surface area contributed by atoms with E-state index in [-0.39, 0.29) is 11.9 Å². The van der Waals surface area contributed by atoms with Crippen molar-refractivity contribution >= 4 is 16.8 Å². The Kier molecular flexibility index (Phi) is 4.97. The summed E-state index contributed by atoms with van der Waals surface area (Å²) in [5, 5.41) is 5.25. The van der Waals surface area contributed by atoms with Gasteiger partial charge in [0, 0.05) is 42.4 Å². The summed E-state index contributed by atoms with van der Waals surface area (Å²) in [5.41, 5.74) is 3.69. The van der Waals surface area contributed by atoms with Gasteiger partial charge in [-0.2, -0.15) is 4.98 Å². The van der Waals surface area contributed by atoms with Crippen LogP contribution in [0.5, 0.6) is 0 Å². The lowest BCUT2D eigenvalue weighted by atomic mass is 9.97. The van der Waals surface area contributed by atoms with Gasteiger partial charge >= 0.3 is 0 Å². The molecule has 1 amide bonds. The van der Waals surface area contributed by atoms with Crippen molar-refractivity contribution in [1.29, 1.82) is 0 Å². The Hall–Kier alpha value is -2.63. The number of aryl methyl sites for hydroxylation is 2. The van der Waals surface area contributed by atoms with E-state index in [1.54, 1.807) is 0 Å². The van der Waals surface area contributed by atoms with Crippen LogP contribution in [0, 0.1) is 0 Å². The van der Waals surface area contributed by atoms with E-state index >= 15 is 0 Å². The van der Waals surface area contributed by atoms with Crippen molar-refractivity contribution in [2.45, 2.75) is 58.4 Å². The number of hydrogen-bond donors (Lipinski definition) is 1. The Morgan fingerprint density at radius 2 is 2.19 bits per heavy atom. The molecule has 1 atom stereocenters. The highest BCUT2D eigenvalue weighted by atomic mass is 16.5. The first kappa shape index (κ1) is 17.8. The molecule has 1 aromatic carbocycles. The zero-order valence-corrected chi connectivity index (χ0v) is 16.0. The molecule has 0 radical (unpaired) electrons. The zero-order chi connectivity index (χ0) is 18.8. The molecule has 1 unspecified atom stereocenters. The molecule has 4 rings (SSSR count). The van der Waals surface area contributed by atoms with Gasteiger partial charge in [0.25, 0.3) is 0 Å². The minimum atomic E-state index is 0.0770. The van der Waals surface area contributed by atoms with Crippen molar-refractivity contribution in [2.24, 2.45) is 0 Å². The van der Waals surface area contributed by atoms with Gasteiger partial charge in [-0.3, -0.25) is 4.79 Å². The monoisotopic (exact) mass is 366 g/mol. The van der Waals surface area contributed by atoms with Crippen LogP contribution >= 0.6 is 0 Å². The highest BCUT2D eigenvalue weighted by Gasteiger charge is 2.29. The van der Waals surface area contributed by atoms with Gasteiger partial charge in [-0.1, -0.05) is 30.3 Å². The molecule has 0 spiro atoms. The van der Waals surface area contributed by atoms with E-state index in [1.165, 1.54) is 16.6 Å². The molecule has 1 aliphatic heterocycles. The molecule has 0 bridgehead atoms. The van der Waals surface area contributed by atoms with Gasteiger partial charge in [0.2, 0.25) is 11.8 Å². The van der Waals surface area contributed by atoms with Crippen molar-refractivity contribution in [2.75, 3.05) is 6.54 Å². The maximum absolute atomic E-state index is 12.8. The van der Waals surface area contributed by atoms with Crippen molar-refractivity contribution in [3.8, 4) is 0 Å². The number of carbonyl (C=O) groups excluding carboxylic acids is 1. The molecule has 0 aliphatic carbocycles. The van der Waals surface area contributed by atoms with Gasteiger partial charge < -0.3 is 14.4 Å². The number of nitrogens with zero attached hydrogens (tertiary/aromatic N) is 3. The number of H-pyrrole nitrogens is 1. The second-order valence-electron chi connectivity index (χ2n) is 7.28. The van der Waals surface area contributed by atoms with Crippen LogP contribution in [0.1, 0.15) is 62.1 Å². The maximum atomic E-state index is 12.8. The highest BCUT2D eigenvalue weighted by Crippen LogP contribution is 2.34. The standard InChI is InChI=1S/C21H26N4O2/c1-3-7-18-23-19(27-24-18)10-6-11-20(26)25-13-12-16-15-8-4-5-9-17(15)22-21(16)14(25)2/h4-5,8-9,14,22H,3,6-7,10-13H2,1-2H3. The molecule has 3 heterocycles. The molecule has 1 N–H and O–H groups in total. The lowest BCUT2D eigenvalue weighted by Gasteiger charge is -2.33. The lowest BCUT2D eigenvalue weighted by molar-refractivity contribution is -0.133. The summed E-state index contributed by atoms with van der Waals surface area (Å²) in [6.45, 7) is 4.98. The van der Waals surface area contributed by atoms with Crippen molar-refractivity contribution in [3.05, 3.63) is 47.2 Å². The van der Waals surface area contributed by atoms with Crippen LogP contribution in [0.2, 0.25) is 0 Å². The van der Waals surface area contributed by atoms with E-state index in [2.05, 4.69) is 47.2 Å². The summed E-state index contributed by atoms with van der Waals surface area (Å²) in [6.07, 6.45) is 4.63. The first-order valence-corrected chi connectivity index (χ1v) is 9.87. The molecule has 142 valence electrons. The van der Waals surface area contributed by atoms with E-state index in [9.17, 15) is 4.79 Å². The fourth-order valence-corrected chi connectivity index (χ4v) is 4.02. The average Bonchev–Trinajstić information content (AvgIpc) is 3.27. The highest BCUT2D eigenvalue weighted by molar-refractivity contribution is 5.86. The molecule has 1 aliphatic rings. The van der Waals surface area contributed by atoms with Crippen LogP contribution in [-0.2, 0) is 24.1 Å². The van der Waals surface area contributed by atoms with Crippen molar-refractivity contribution < 1.29 is 9.32 Å². The van der Waals surface area contributed by atoms with Crippen LogP contribution in [0.15, 0.2) is 28.8 Å². The van der Waals surface area contributed by atoms with Crippen LogP contribution < -0.4 is 0 Å².